The number of hydrogen-bond donors (Lipinski definition) is 0. The van der Waals surface area contributed by atoms with Gasteiger partial charge in [-0.25, -0.2) is 9.59 Å². The van der Waals surface area contributed by atoms with Crippen molar-refractivity contribution in [3.8, 4) is 5.75 Å². The van der Waals surface area contributed by atoms with Crippen LogP contribution in [0.3, 0.4) is 0 Å². The van der Waals surface area contributed by atoms with Gasteiger partial charge in [-0.15, -0.1) is 0 Å². The maximum absolute atomic E-state index is 15.5. The number of ether oxygens (including phenoxy) is 4. The van der Waals surface area contributed by atoms with Crippen LogP contribution in [0.1, 0.15) is 95.0 Å². The second kappa shape index (κ2) is 19.0. The van der Waals surface area contributed by atoms with E-state index in [0.29, 0.717) is 59.0 Å². The molecule has 6 rings (SSSR count). The summed E-state index contributed by atoms with van der Waals surface area (Å²) in [5.74, 6) is 0.262. The number of aryl methyl sites for hydroxylation is 2. The molecule has 1 saturated carbocycles. The first kappa shape index (κ1) is 45.6. The number of amides is 3. The largest absolute Gasteiger partial charge is 0.490 e. The third-order valence-electron chi connectivity index (χ3n) is 10.7. The van der Waals surface area contributed by atoms with Crippen molar-refractivity contribution >= 4 is 58.5 Å². The highest BCUT2D eigenvalue weighted by atomic mass is 35.5. The van der Waals surface area contributed by atoms with Crippen molar-refractivity contribution in [2.75, 3.05) is 33.4 Å². The first-order valence-electron chi connectivity index (χ1n) is 20.8. The number of piperazine rings is 1. The topological polar surface area (TPSA) is 97.9 Å². The molecule has 2 bridgehead atoms. The molecule has 0 N–H and O–H groups in total. The molecule has 3 aliphatic rings. The zero-order chi connectivity index (χ0) is 43.5. The van der Waals surface area contributed by atoms with Crippen LogP contribution in [0.2, 0.25) is 15.1 Å². The molecule has 1 saturated heterocycles. The molecule has 60 heavy (non-hydrogen) atoms. The van der Waals surface area contributed by atoms with Crippen molar-refractivity contribution in [1.82, 2.24) is 14.7 Å². The van der Waals surface area contributed by atoms with Crippen LogP contribution in [0.25, 0.3) is 5.57 Å². The van der Waals surface area contributed by atoms with Crippen molar-refractivity contribution in [2.45, 2.75) is 123 Å². The summed E-state index contributed by atoms with van der Waals surface area (Å²) in [4.78, 5) is 48.7. The Hall–Kier alpha value is -3.96. The van der Waals surface area contributed by atoms with Crippen LogP contribution in [-0.4, -0.2) is 95.5 Å². The highest BCUT2D eigenvalue weighted by Gasteiger charge is 2.51. The summed E-state index contributed by atoms with van der Waals surface area (Å²) in [6.07, 6.45) is 3.26. The summed E-state index contributed by atoms with van der Waals surface area (Å²) < 4.78 is 23.1. The summed E-state index contributed by atoms with van der Waals surface area (Å²) >= 11 is 19.7. The summed E-state index contributed by atoms with van der Waals surface area (Å²) in [7, 11) is 1.69. The SMILES string of the molecule is COCCCc1ccc(Cl)c(CN(C(=O)C2=C(c3ccc(CCOc4c(Cl)cc(C)cc4Cl)cc3)C[C@@H]3CN(C(=O)OC(C)(C)C)C[C@H]2N3C(=O)OC(C)(C)C)C2CC2)c1. The summed E-state index contributed by atoms with van der Waals surface area (Å²) in [6.45, 7) is 14.4. The van der Waals surface area contributed by atoms with Gasteiger partial charge < -0.3 is 28.7 Å². The highest BCUT2D eigenvalue weighted by molar-refractivity contribution is 6.37. The van der Waals surface area contributed by atoms with Crippen LogP contribution in [0, 0.1) is 6.92 Å². The number of carbonyl (C=O) groups is 3. The van der Waals surface area contributed by atoms with Gasteiger partial charge in [-0.1, -0.05) is 71.2 Å². The van der Waals surface area contributed by atoms with Gasteiger partial charge >= 0.3 is 12.2 Å². The van der Waals surface area contributed by atoms with E-state index in [0.717, 1.165) is 59.1 Å². The van der Waals surface area contributed by atoms with Gasteiger partial charge in [-0.05, 0) is 132 Å². The van der Waals surface area contributed by atoms with Crippen LogP contribution >= 0.6 is 34.8 Å². The van der Waals surface area contributed by atoms with Crippen LogP contribution in [0.5, 0.6) is 5.75 Å². The lowest BCUT2D eigenvalue weighted by atomic mass is 9.81. The van der Waals surface area contributed by atoms with E-state index in [2.05, 4.69) is 6.07 Å². The number of methoxy groups -OCH3 is 1. The molecule has 0 aromatic heterocycles. The van der Waals surface area contributed by atoms with Gasteiger partial charge in [0, 0.05) is 56.4 Å². The van der Waals surface area contributed by atoms with Crippen molar-refractivity contribution < 1.29 is 33.3 Å². The van der Waals surface area contributed by atoms with Gasteiger partial charge in [-0.2, -0.15) is 0 Å². The highest BCUT2D eigenvalue weighted by Crippen LogP contribution is 2.43. The molecule has 2 atom stereocenters. The average Bonchev–Trinajstić information content (AvgIpc) is 4.00. The Kier molecular flexibility index (Phi) is 14.4. The van der Waals surface area contributed by atoms with E-state index in [1.165, 1.54) is 0 Å². The predicted octanol–water partition coefficient (Wildman–Crippen LogP) is 10.7. The molecule has 10 nitrogen and oxygen atoms in total. The number of benzene rings is 3. The van der Waals surface area contributed by atoms with Crippen LogP contribution in [0.4, 0.5) is 9.59 Å². The van der Waals surface area contributed by atoms with Gasteiger partial charge in [0.25, 0.3) is 5.91 Å². The molecule has 2 heterocycles. The maximum Gasteiger partial charge on any atom is 0.411 e. The standard InChI is InChI=1S/C47H58Cl3N3O7/c1-29-22-38(49)42(39(50)23-29)58-21-19-30-11-14-32(15-12-30)36-25-35-27-51(44(55)59-46(2,3)4)28-40(53(35)45(56)60-47(5,6)7)41(36)43(54)52(34-16-17-34)26-33-24-31(10-9-20-57-8)13-18-37(33)48/h11-15,18,22-24,34-35,40H,9-10,16-17,19-21,25-28H2,1-8H3/t35-,40-/m1/s1. The predicted molar refractivity (Wildman–Crippen MR) is 237 cm³/mol. The van der Waals surface area contributed by atoms with Crippen molar-refractivity contribution in [3.63, 3.8) is 0 Å². The zero-order valence-corrected chi connectivity index (χ0v) is 38.3. The molecule has 3 aromatic rings. The van der Waals surface area contributed by atoms with Crippen molar-refractivity contribution in [2.24, 2.45) is 0 Å². The monoisotopic (exact) mass is 881 g/mol. The molecule has 2 fully saturated rings. The Bertz CT molecular complexity index is 2070. The number of fused-ring (bicyclic) bond motifs is 2. The molecule has 0 radical (unpaired) electrons. The fourth-order valence-corrected chi connectivity index (χ4v) is 8.79. The Morgan fingerprint density at radius 1 is 0.783 bits per heavy atom. The molecule has 0 unspecified atom stereocenters. The molecule has 2 aliphatic heterocycles. The van der Waals surface area contributed by atoms with Crippen LogP contribution < -0.4 is 4.74 Å². The normalized spacial score (nSPS) is 18.1. The summed E-state index contributed by atoms with van der Waals surface area (Å²) in [6, 6.07) is 16.4. The Morgan fingerprint density at radius 3 is 2.03 bits per heavy atom. The molecular formula is C47H58Cl3N3O7. The lowest BCUT2D eigenvalue weighted by molar-refractivity contribution is -0.129. The third kappa shape index (κ3) is 11.5. The smallest absolute Gasteiger partial charge is 0.411 e. The van der Waals surface area contributed by atoms with E-state index in [4.69, 9.17) is 53.8 Å². The fraction of sp³-hybridized carbons (Fsp3) is 0.511. The minimum atomic E-state index is -0.809. The Balaban J connectivity index is 1.39. The molecule has 1 aliphatic carbocycles. The second-order valence-electron chi connectivity index (χ2n) is 18.1. The average molecular weight is 883 g/mol. The zero-order valence-electron chi connectivity index (χ0n) is 36.0. The van der Waals surface area contributed by atoms with Crippen molar-refractivity contribution in [3.05, 3.63) is 103 Å². The minimum absolute atomic E-state index is 0.00405. The molecule has 0 spiro atoms. The number of halogens is 3. The molecule has 13 heteroatoms. The van der Waals surface area contributed by atoms with Gasteiger partial charge in [0.15, 0.2) is 5.75 Å². The summed E-state index contributed by atoms with van der Waals surface area (Å²) in [5, 5.41) is 1.51. The first-order valence-corrected chi connectivity index (χ1v) is 21.9. The van der Waals surface area contributed by atoms with Gasteiger partial charge in [0.05, 0.1) is 28.7 Å². The molecule has 3 aromatic carbocycles. The van der Waals surface area contributed by atoms with Crippen LogP contribution in [-0.2, 0) is 38.4 Å². The lowest BCUT2D eigenvalue weighted by Crippen LogP contribution is -2.66. The van der Waals surface area contributed by atoms with Gasteiger partial charge in [0.2, 0.25) is 0 Å². The number of rotatable bonds is 13. The lowest BCUT2D eigenvalue weighted by Gasteiger charge is -2.51. The number of nitrogens with zero attached hydrogens (tertiary/aromatic N) is 3. The van der Waals surface area contributed by atoms with E-state index in [1.54, 1.807) is 16.9 Å². The molecular weight excluding hydrogens is 825 g/mol. The van der Waals surface area contributed by atoms with E-state index in [9.17, 15) is 9.59 Å². The quantitative estimate of drug-likeness (QED) is 0.158. The fourth-order valence-electron chi connectivity index (χ4n) is 7.90. The second-order valence-corrected chi connectivity index (χ2v) is 19.3. The Labute approximate surface area is 370 Å². The van der Waals surface area contributed by atoms with E-state index in [1.807, 2.05) is 102 Å². The third-order valence-corrected chi connectivity index (χ3v) is 11.7. The van der Waals surface area contributed by atoms with E-state index < -0.39 is 35.5 Å². The minimum Gasteiger partial charge on any atom is -0.490 e. The summed E-state index contributed by atoms with van der Waals surface area (Å²) in [5.41, 5.74) is 4.58. The van der Waals surface area contributed by atoms with Gasteiger partial charge in [-0.3, -0.25) is 9.69 Å². The molecule has 324 valence electrons. The number of carbonyl (C=O) groups excluding carboxylic acids is 3. The maximum atomic E-state index is 15.5. The van der Waals surface area contributed by atoms with Crippen LogP contribution in [0.15, 0.2) is 60.2 Å². The number of hydrogen-bond acceptors (Lipinski definition) is 7. The van der Waals surface area contributed by atoms with E-state index >= 15 is 4.79 Å². The van der Waals surface area contributed by atoms with E-state index in [-0.39, 0.29) is 25.0 Å². The Morgan fingerprint density at radius 2 is 1.42 bits per heavy atom. The van der Waals surface area contributed by atoms with Crippen molar-refractivity contribution in [1.29, 1.82) is 0 Å². The van der Waals surface area contributed by atoms with Gasteiger partial charge in [0.1, 0.15) is 11.2 Å². The molecule has 3 amide bonds. The first-order chi connectivity index (χ1) is 28.3.